The Hall–Kier alpha value is -4.31. The molecular formula is C20H11ClN4O6. The molecule has 154 valence electrons. The van der Waals surface area contributed by atoms with Crippen LogP contribution in [0, 0.1) is 20.2 Å². The fourth-order valence-corrected chi connectivity index (χ4v) is 3.10. The molecular weight excluding hydrogens is 428 g/mol. The highest BCUT2D eigenvalue weighted by atomic mass is 35.5. The third-order valence-corrected chi connectivity index (χ3v) is 4.71. The number of hydrogen-bond donors (Lipinski definition) is 1. The summed E-state index contributed by atoms with van der Waals surface area (Å²) in [5, 5.41) is 24.6. The normalized spacial score (nSPS) is 10.7. The number of carbonyl (C=O) groups excluding carboxylic acids is 1. The maximum absolute atomic E-state index is 12.7. The van der Waals surface area contributed by atoms with Gasteiger partial charge in [-0.3, -0.25) is 25.0 Å². The van der Waals surface area contributed by atoms with Gasteiger partial charge >= 0.3 is 0 Å². The van der Waals surface area contributed by atoms with Crippen molar-refractivity contribution in [3.8, 4) is 11.5 Å². The second-order valence-corrected chi connectivity index (χ2v) is 6.76. The van der Waals surface area contributed by atoms with E-state index in [9.17, 15) is 25.0 Å². The predicted octanol–water partition coefficient (Wildman–Crippen LogP) is 5.22. The first kappa shape index (κ1) is 20.0. The zero-order valence-electron chi connectivity index (χ0n) is 15.4. The topological polar surface area (TPSA) is 141 Å². The van der Waals surface area contributed by atoms with E-state index in [0.717, 1.165) is 6.07 Å². The van der Waals surface area contributed by atoms with Gasteiger partial charge in [0.2, 0.25) is 5.89 Å². The summed E-state index contributed by atoms with van der Waals surface area (Å²) in [7, 11) is 0. The van der Waals surface area contributed by atoms with E-state index in [1.54, 1.807) is 24.3 Å². The molecule has 1 aromatic heterocycles. The molecule has 3 aromatic carbocycles. The van der Waals surface area contributed by atoms with Gasteiger partial charge in [0.1, 0.15) is 10.5 Å². The van der Waals surface area contributed by atoms with Crippen LogP contribution in [0.15, 0.2) is 65.1 Å². The summed E-state index contributed by atoms with van der Waals surface area (Å²) in [6.07, 6.45) is 0. The Morgan fingerprint density at radius 2 is 1.77 bits per heavy atom. The van der Waals surface area contributed by atoms with Gasteiger partial charge in [0, 0.05) is 17.7 Å². The smallest absolute Gasteiger partial charge is 0.288 e. The Labute approximate surface area is 178 Å². The van der Waals surface area contributed by atoms with Crippen molar-refractivity contribution < 1.29 is 19.1 Å². The van der Waals surface area contributed by atoms with Crippen LogP contribution < -0.4 is 5.32 Å². The minimum absolute atomic E-state index is 0.0408. The third kappa shape index (κ3) is 3.91. The van der Waals surface area contributed by atoms with Crippen molar-refractivity contribution in [3.05, 3.63) is 91.5 Å². The van der Waals surface area contributed by atoms with Crippen LogP contribution in [-0.4, -0.2) is 20.7 Å². The van der Waals surface area contributed by atoms with E-state index in [2.05, 4.69) is 10.3 Å². The molecule has 0 aliphatic rings. The average Bonchev–Trinajstić information content (AvgIpc) is 3.17. The van der Waals surface area contributed by atoms with Gasteiger partial charge in [0.15, 0.2) is 5.58 Å². The second-order valence-electron chi connectivity index (χ2n) is 6.35. The van der Waals surface area contributed by atoms with E-state index in [1.165, 1.54) is 30.3 Å². The Morgan fingerprint density at radius 3 is 2.52 bits per heavy atom. The molecule has 0 saturated carbocycles. The number of fused-ring (bicyclic) bond motifs is 1. The number of nitrogens with zero attached hydrogens (tertiary/aromatic N) is 3. The van der Waals surface area contributed by atoms with Gasteiger partial charge in [0.05, 0.1) is 27.2 Å². The highest BCUT2D eigenvalue weighted by Crippen LogP contribution is 2.32. The number of nitrogens with one attached hydrogen (secondary N) is 1. The summed E-state index contributed by atoms with van der Waals surface area (Å²) in [6.45, 7) is 0. The number of amides is 1. The largest absolute Gasteiger partial charge is 0.436 e. The predicted molar refractivity (Wildman–Crippen MR) is 112 cm³/mol. The number of aromatic nitrogens is 1. The number of carbonyl (C=O) groups is 1. The Kier molecular flexibility index (Phi) is 5.05. The van der Waals surface area contributed by atoms with Crippen molar-refractivity contribution in [2.75, 3.05) is 5.32 Å². The lowest BCUT2D eigenvalue weighted by atomic mass is 10.1. The number of hydrogen-bond acceptors (Lipinski definition) is 7. The molecule has 1 amide bonds. The molecule has 1 heterocycles. The van der Waals surface area contributed by atoms with Crippen LogP contribution in [0.5, 0.6) is 0 Å². The first-order valence-corrected chi connectivity index (χ1v) is 9.11. The first-order valence-electron chi connectivity index (χ1n) is 8.73. The van der Waals surface area contributed by atoms with Gasteiger partial charge < -0.3 is 9.73 Å². The standard InChI is InChI=1S/C20H11ClN4O6/c21-14-7-5-11(9-17(14)25(29)30)19(26)22-15-4-2-1-3-13(15)20-23-16-8-6-12(24(27)28)10-18(16)31-20/h1-10H,(H,22,26). The van der Waals surface area contributed by atoms with Crippen LogP contribution >= 0.6 is 11.6 Å². The van der Waals surface area contributed by atoms with Gasteiger partial charge in [-0.2, -0.15) is 0 Å². The molecule has 10 nitrogen and oxygen atoms in total. The molecule has 0 radical (unpaired) electrons. The van der Waals surface area contributed by atoms with Crippen molar-refractivity contribution in [1.82, 2.24) is 4.98 Å². The van der Waals surface area contributed by atoms with E-state index in [4.69, 9.17) is 16.0 Å². The van der Waals surface area contributed by atoms with E-state index >= 15 is 0 Å². The fraction of sp³-hybridized carbons (Fsp3) is 0. The summed E-state index contributed by atoms with van der Waals surface area (Å²) in [6, 6.07) is 14.4. The highest BCUT2D eigenvalue weighted by Gasteiger charge is 2.19. The van der Waals surface area contributed by atoms with Gasteiger partial charge in [0.25, 0.3) is 17.3 Å². The molecule has 4 rings (SSSR count). The highest BCUT2D eigenvalue weighted by molar-refractivity contribution is 6.32. The first-order chi connectivity index (χ1) is 14.8. The molecule has 0 saturated heterocycles. The zero-order chi connectivity index (χ0) is 22.1. The quantitative estimate of drug-likeness (QED) is 0.332. The van der Waals surface area contributed by atoms with E-state index in [-0.39, 0.29) is 33.4 Å². The summed E-state index contributed by atoms with van der Waals surface area (Å²) in [5.41, 5.74) is 0.918. The maximum atomic E-state index is 12.7. The number of anilines is 1. The second kappa shape index (κ2) is 7.84. The van der Waals surface area contributed by atoms with Crippen LogP contribution in [0.25, 0.3) is 22.6 Å². The van der Waals surface area contributed by atoms with Gasteiger partial charge in [-0.1, -0.05) is 23.7 Å². The SMILES string of the molecule is O=C(Nc1ccccc1-c1nc2ccc([N+](=O)[O-])cc2o1)c1ccc(Cl)c([N+](=O)[O-])c1. The molecule has 0 fully saturated rings. The van der Waals surface area contributed by atoms with Crippen molar-refractivity contribution in [3.63, 3.8) is 0 Å². The average molecular weight is 439 g/mol. The third-order valence-electron chi connectivity index (χ3n) is 4.39. The molecule has 31 heavy (non-hydrogen) atoms. The lowest BCUT2D eigenvalue weighted by Gasteiger charge is -2.09. The molecule has 0 bridgehead atoms. The van der Waals surface area contributed by atoms with Crippen LogP contribution in [0.2, 0.25) is 5.02 Å². The summed E-state index contributed by atoms with van der Waals surface area (Å²) in [5.74, 6) is -0.451. The van der Waals surface area contributed by atoms with Crippen LogP contribution in [0.3, 0.4) is 0 Å². The summed E-state index contributed by atoms with van der Waals surface area (Å²) in [4.78, 5) is 37.8. The number of benzene rings is 3. The molecule has 4 aromatic rings. The molecule has 1 N–H and O–H groups in total. The Morgan fingerprint density at radius 1 is 1.00 bits per heavy atom. The van der Waals surface area contributed by atoms with Gasteiger partial charge in [-0.15, -0.1) is 0 Å². The monoisotopic (exact) mass is 438 g/mol. The number of nitro groups is 2. The minimum Gasteiger partial charge on any atom is -0.436 e. The molecule has 0 atom stereocenters. The van der Waals surface area contributed by atoms with Crippen LogP contribution in [0.1, 0.15) is 10.4 Å². The lowest BCUT2D eigenvalue weighted by Crippen LogP contribution is -2.13. The number of non-ortho nitro benzene ring substituents is 1. The number of nitro benzene ring substituents is 2. The Balaban J connectivity index is 1.69. The van der Waals surface area contributed by atoms with Crippen molar-refractivity contribution in [1.29, 1.82) is 0 Å². The molecule has 0 unspecified atom stereocenters. The van der Waals surface area contributed by atoms with Gasteiger partial charge in [-0.25, -0.2) is 4.98 Å². The van der Waals surface area contributed by atoms with Crippen molar-refractivity contribution in [2.45, 2.75) is 0 Å². The van der Waals surface area contributed by atoms with Gasteiger partial charge in [-0.05, 0) is 30.3 Å². The summed E-state index contributed by atoms with van der Waals surface area (Å²) >= 11 is 5.79. The Bertz CT molecular complexity index is 1370. The van der Waals surface area contributed by atoms with Crippen LogP contribution in [-0.2, 0) is 0 Å². The number of rotatable bonds is 5. The minimum atomic E-state index is -0.676. The van der Waals surface area contributed by atoms with E-state index in [0.29, 0.717) is 16.8 Å². The lowest BCUT2D eigenvalue weighted by molar-refractivity contribution is -0.384. The number of halogens is 1. The summed E-state index contributed by atoms with van der Waals surface area (Å²) < 4.78 is 5.67. The van der Waals surface area contributed by atoms with Crippen LogP contribution in [0.4, 0.5) is 17.1 Å². The molecule has 0 aliphatic heterocycles. The zero-order valence-corrected chi connectivity index (χ0v) is 16.2. The molecule has 0 spiro atoms. The molecule has 0 aliphatic carbocycles. The fourth-order valence-electron chi connectivity index (χ4n) is 2.91. The van der Waals surface area contributed by atoms with E-state index in [1.807, 2.05) is 0 Å². The van der Waals surface area contributed by atoms with Crippen molar-refractivity contribution >= 4 is 45.7 Å². The van der Waals surface area contributed by atoms with E-state index < -0.39 is 15.8 Å². The molecule has 11 heteroatoms. The number of para-hydroxylation sites is 1. The number of oxazole rings is 1. The van der Waals surface area contributed by atoms with Crippen molar-refractivity contribution in [2.24, 2.45) is 0 Å². The maximum Gasteiger partial charge on any atom is 0.288 e.